The lowest BCUT2D eigenvalue weighted by atomic mass is 9.94. The van der Waals surface area contributed by atoms with Crippen molar-refractivity contribution < 1.29 is 52.5 Å². The third kappa shape index (κ3) is 22.1. The molecule has 5 N–H and O–H groups in total. The maximum atomic E-state index is 13.6. The van der Waals surface area contributed by atoms with Crippen LogP contribution in [0.3, 0.4) is 0 Å². The van der Waals surface area contributed by atoms with Crippen molar-refractivity contribution in [2.45, 2.75) is 156 Å². The van der Waals surface area contributed by atoms with Gasteiger partial charge in [0, 0.05) is 6.42 Å². The van der Waals surface area contributed by atoms with E-state index in [0.29, 0.717) is 19.3 Å². The summed E-state index contributed by atoms with van der Waals surface area (Å²) in [5.74, 6) is -2.45. The normalized spacial score (nSPS) is 13.2. The summed E-state index contributed by atoms with van der Waals surface area (Å²) in [5, 5.41) is 19.4. The number of aliphatic carboxylic acids is 1. The number of Topliss-reactive ketones (excluding diaryl/α,β-unsaturated/α-hetero) is 1. The SMILES string of the molecule is CC(=O)[C@H](Cc1ccc(O[Si](C)(C)C(C)(C)C)cc1)NC(=O)[C@H](Cc1ccc2ccccc2c1)NC(=O)OC(C)(C)C.CC(C)(C)OC(=O)C[C@@H](Cc1ccc2ccccc2c1)C(=O)O.COC(=O)[C@@H](N)Cc1ccc(C)cc1. The van der Waals surface area contributed by atoms with E-state index in [1.165, 1.54) is 19.6 Å². The first-order valence-electron chi connectivity index (χ1n) is 26.7. The zero-order valence-electron chi connectivity index (χ0n) is 48.7. The lowest BCUT2D eigenvalue weighted by Crippen LogP contribution is -2.53. The van der Waals surface area contributed by atoms with E-state index < -0.39 is 67.5 Å². The first kappa shape index (κ1) is 64.2. The molecule has 0 saturated carbocycles. The van der Waals surface area contributed by atoms with Crippen LogP contribution in [0, 0.1) is 12.8 Å². The molecule has 0 aliphatic heterocycles. The van der Waals surface area contributed by atoms with Crippen LogP contribution in [0.4, 0.5) is 4.79 Å². The molecule has 0 bridgehead atoms. The Kier molecular flexibility index (Phi) is 23.1. The van der Waals surface area contributed by atoms with Crippen molar-refractivity contribution in [3.63, 3.8) is 0 Å². The van der Waals surface area contributed by atoms with Crippen molar-refractivity contribution in [1.82, 2.24) is 10.6 Å². The molecule has 424 valence electrons. The summed E-state index contributed by atoms with van der Waals surface area (Å²) in [5.41, 5.74) is 9.21. The number of rotatable bonds is 18. The van der Waals surface area contributed by atoms with Gasteiger partial charge < -0.3 is 40.1 Å². The van der Waals surface area contributed by atoms with Crippen LogP contribution >= 0.6 is 0 Å². The highest BCUT2D eigenvalue weighted by Crippen LogP contribution is 2.37. The van der Waals surface area contributed by atoms with Gasteiger partial charge in [-0.1, -0.05) is 148 Å². The van der Waals surface area contributed by atoms with Crippen LogP contribution in [0.15, 0.2) is 133 Å². The summed E-state index contributed by atoms with van der Waals surface area (Å²) in [6.45, 7) is 25.0. The van der Waals surface area contributed by atoms with Gasteiger partial charge in [-0.3, -0.25) is 24.0 Å². The molecule has 6 aromatic carbocycles. The average molecular weight is 1100 g/mol. The molecule has 2 amide bonds. The number of esters is 2. The summed E-state index contributed by atoms with van der Waals surface area (Å²) < 4.78 is 21.6. The van der Waals surface area contributed by atoms with E-state index in [1.54, 1.807) is 41.5 Å². The fraction of sp³-hybridized carbons (Fsp3) is 0.406. The highest BCUT2D eigenvalue weighted by atomic mass is 28.4. The van der Waals surface area contributed by atoms with Crippen LogP contribution in [0.2, 0.25) is 18.1 Å². The number of hydrogen-bond donors (Lipinski definition) is 4. The maximum Gasteiger partial charge on any atom is 0.408 e. The molecule has 15 heteroatoms. The maximum absolute atomic E-state index is 13.6. The molecular formula is C64H83N3O11Si. The minimum Gasteiger partial charge on any atom is -0.544 e. The first-order valence-corrected chi connectivity index (χ1v) is 29.6. The molecule has 0 aliphatic rings. The Morgan fingerprint density at radius 3 is 1.51 bits per heavy atom. The van der Waals surface area contributed by atoms with Crippen molar-refractivity contribution in [2.24, 2.45) is 11.7 Å². The first-order chi connectivity index (χ1) is 36.8. The molecule has 0 aromatic heterocycles. The van der Waals surface area contributed by atoms with Crippen molar-refractivity contribution in [1.29, 1.82) is 0 Å². The molecule has 4 atom stereocenters. The van der Waals surface area contributed by atoms with E-state index >= 15 is 0 Å². The van der Waals surface area contributed by atoms with E-state index in [0.717, 1.165) is 49.5 Å². The molecular weight excluding hydrogens is 1010 g/mol. The summed E-state index contributed by atoms with van der Waals surface area (Å²) >= 11 is 0. The topological polar surface area (TPSA) is 210 Å². The smallest absolute Gasteiger partial charge is 0.408 e. The number of carbonyl (C=O) groups is 6. The Hall–Kier alpha value is -7.36. The zero-order valence-corrected chi connectivity index (χ0v) is 49.7. The number of ether oxygens (including phenoxy) is 3. The lowest BCUT2D eigenvalue weighted by molar-refractivity contribution is -0.159. The number of amides is 2. The van der Waals surface area contributed by atoms with E-state index in [4.69, 9.17) is 19.6 Å². The number of alkyl carbamates (subject to hydrolysis) is 1. The lowest BCUT2D eigenvalue weighted by Gasteiger charge is -2.36. The number of carboxylic acid groups (broad SMARTS) is 1. The van der Waals surface area contributed by atoms with E-state index in [2.05, 4.69) is 49.2 Å². The predicted octanol–water partition coefficient (Wildman–Crippen LogP) is 11.8. The third-order valence-corrected chi connectivity index (χ3v) is 17.5. The van der Waals surface area contributed by atoms with Gasteiger partial charge in [-0.2, -0.15) is 0 Å². The van der Waals surface area contributed by atoms with E-state index in [9.17, 15) is 33.9 Å². The summed E-state index contributed by atoms with van der Waals surface area (Å²) in [4.78, 5) is 73.3. The molecule has 14 nitrogen and oxygen atoms in total. The highest BCUT2D eigenvalue weighted by Gasteiger charge is 2.39. The van der Waals surface area contributed by atoms with Gasteiger partial charge in [0.2, 0.25) is 14.2 Å². The Labute approximate surface area is 468 Å². The standard InChI is InChI=1S/C34H46N2O5Si.C19H22O4.C11H15NO2/c1-23(37)29(21-24-15-18-28(19-16-24)41-42(8,9)34(5,6)7)35-31(38)30(36-32(39)40-33(2,3)4)22-25-14-17-26-12-10-11-13-27(26)20-25;1-19(2,3)23-17(20)12-16(18(21)22)11-13-8-9-14-6-4-5-7-15(14)10-13;1-8-3-5-9(6-4-8)7-10(12)11(13)14-2/h10-20,29-30H,21-22H2,1-9H3,(H,35,38)(H,36,39);4-10,16H,11-12H2,1-3H3,(H,21,22);3-6,10H,7,12H2,1-2H3/t29-,30-;16-;10-/m010/s1. The predicted molar refractivity (Wildman–Crippen MR) is 316 cm³/mol. The molecule has 6 aromatic rings. The number of methoxy groups -OCH3 is 1. The second-order valence-electron chi connectivity index (χ2n) is 23.5. The fourth-order valence-corrected chi connectivity index (χ4v) is 8.93. The molecule has 0 radical (unpaired) electrons. The minimum absolute atomic E-state index is 0.0758. The molecule has 79 heavy (non-hydrogen) atoms. The number of fused-ring (bicyclic) bond motifs is 2. The third-order valence-electron chi connectivity index (χ3n) is 13.2. The molecule has 0 fully saturated rings. The van der Waals surface area contributed by atoms with E-state index in [-0.39, 0.29) is 29.6 Å². The number of carbonyl (C=O) groups excluding carboxylic acids is 5. The number of benzene rings is 6. The quantitative estimate of drug-likeness (QED) is 0.0360. The summed E-state index contributed by atoms with van der Waals surface area (Å²) in [7, 11) is -0.635. The van der Waals surface area contributed by atoms with Crippen molar-refractivity contribution >= 4 is 65.6 Å². The van der Waals surface area contributed by atoms with Crippen LogP contribution in [0.5, 0.6) is 5.75 Å². The van der Waals surface area contributed by atoms with Gasteiger partial charge in [0.05, 0.1) is 25.5 Å². The highest BCUT2D eigenvalue weighted by molar-refractivity contribution is 6.74. The van der Waals surface area contributed by atoms with Crippen LogP contribution in [-0.2, 0) is 63.9 Å². The van der Waals surface area contributed by atoms with Crippen LogP contribution < -0.4 is 20.8 Å². The number of hydrogen-bond acceptors (Lipinski definition) is 11. The van der Waals surface area contributed by atoms with Gasteiger partial charge in [-0.25, -0.2) is 4.79 Å². The van der Waals surface area contributed by atoms with Gasteiger partial charge in [-0.05, 0) is 149 Å². The number of ketones is 1. The minimum atomic E-state index is -1.98. The Bertz CT molecular complexity index is 3010. The second kappa shape index (κ2) is 28.5. The van der Waals surface area contributed by atoms with Crippen molar-refractivity contribution in [3.8, 4) is 5.75 Å². The summed E-state index contributed by atoms with van der Waals surface area (Å²) in [6, 6.07) is 41.0. The summed E-state index contributed by atoms with van der Waals surface area (Å²) in [6.07, 6.45) is 0.558. The number of nitrogens with two attached hydrogens (primary N) is 1. The second-order valence-corrected chi connectivity index (χ2v) is 28.2. The molecule has 6 rings (SSSR count). The Balaban J connectivity index is 0.000000301. The van der Waals surface area contributed by atoms with Crippen molar-refractivity contribution in [3.05, 3.63) is 161 Å². The number of nitrogens with one attached hydrogen (secondary N) is 2. The van der Waals surface area contributed by atoms with Crippen LogP contribution in [0.1, 0.15) is 103 Å². The van der Waals surface area contributed by atoms with Gasteiger partial charge >= 0.3 is 24.0 Å². The van der Waals surface area contributed by atoms with Gasteiger partial charge in [0.25, 0.3) is 0 Å². The average Bonchev–Trinajstić information content (AvgIpc) is 3.35. The zero-order chi connectivity index (χ0) is 58.9. The van der Waals surface area contributed by atoms with Crippen LogP contribution in [0.25, 0.3) is 21.5 Å². The Morgan fingerprint density at radius 1 is 0.582 bits per heavy atom. The molecule has 0 spiro atoms. The Morgan fingerprint density at radius 2 is 1.04 bits per heavy atom. The number of aryl methyl sites for hydroxylation is 1. The van der Waals surface area contributed by atoms with Crippen molar-refractivity contribution in [2.75, 3.05) is 7.11 Å². The van der Waals surface area contributed by atoms with E-state index in [1.807, 2.05) is 140 Å². The number of carboxylic acids is 1. The monoisotopic (exact) mass is 1100 g/mol. The largest absolute Gasteiger partial charge is 0.544 e. The molecule has 0 saturated heterocycles. The van der Waals surface area contributed by atoms with Crippen LogP contribution in [-0.4, -0.2) is 85.6 Å². The van der Waals surface area contributed by atoms with Gasteiger partial charge in [0.1, 0.15) is 29.0 Å². The van der Waals surface area contributed by atoms with Gasteiger partial charge in [-0.15, -0.1) is 0 Å². The molecule has 0 aliphatic carbocycles. The fourth-order valence-electron chi connectivity index (χ4n) is 7.90. The molecule has 0 heterocycles. The molecule has 0 unspecified atom stereocenters. The van der Waals surface area contributed by atoms with Gasteiger partial charge in [0.15, 0.2) is 5.78 Å².